The predicted octanol–water partition coefficient (Wildman–Crippen LogP) is 5.46. The summed E-state index contributed by atoms with van der Waals surface area (Å²) in [5.74, 6) is 1.23. The third-order valence-electron chi connectivity index (χ3n) is 4.02. The first kappa shape index (κ1) is 16.9. The van der Waals surface area contributed by atoms with Crippen LogP contribution in [0.3, 0.4) is 0 Å². The third kappa shape index (κ3) is 4.54. The van der Waals surface area contributed by atoms with Gasteiger partial charge in [-0.25, -0.2) is 0 Å². The van der Waals surface area contributed by atoms with Crippen LogP contribution in [0.25, 0.3) is 11.1 Å². The molecule has 2 N–H and O–H groups in total. The molecular formula is C22H23NO2. The molecule has 3 nitrogen and oxygen atoms in total. The summed E-state index contributed by atoms with van der Waals surface area (Å²) in [4.78, 5) is 0. The van der Waals surface area contributed by atoms with Gasteiger partial charge in [0, 0.05) is 17.8 Å². The highest BCUT2D eigenvalue weighted by Crippen LogP contribution is 2.24. The molecule has 3 heteroatoms. The Morgan fingerprint density at radius 3 is 2.12 bits per heavy atom. The van der Waals surface area contributed by atoms with Crippen molar-refractivity contribution in [3.63, 3.8) is 0 Å². The number of benzene rings is 3. The zero-order valence-corrected chi connectivity index (χ0v) is 14.4. The van der Waals surface area contributed by atoms with Gasteiger partial charge in [-0.15, -0.1) is 0 Å². The number of rotatable bonds is 7. The molecule has 3 aromatic rings. The summed E-state index contributed by atoms with van der Waals surface area (Å²) in [5.41, 5.74) is 4.23. The Morgan fingerprint density at radius 2 is 1.48 bits per heavy atom. The first-order valence-corrected chi connectivity index (χ1v) is 8.60. The molecule has 0 fully saturated rings. The molecular weight excluding hydrogens is 310 g/mol. The van der Waals surface area contributed by atoms with Gasteiger partial charge in [0.05, 0.1) is 6.61 Å². The Balaban J connectivity index is 1.63. The van der Waals surface area contributed by atoms with Crippen molar-refractivity contribution in [3.8, 4) is 22.6 Å². The van der Waals surface area contributed by atoms with E-state index in [4.69, 9.17) is 4.74 Å². The SMILES string of the molecule is CCCOc1ccc(-c2ccc(NCc3ccccc3O)cc2)cc1. The van der Waals surface area contributed by atoms with Gasteiger partial charge in [-0.05, 0) is 47.9 Å². The maximum absolute atomic E-state index is 9.81. The third-order valence-corrected chi connectivity index (χ3v) is 4.02. The zero-order chi connectivity index (χ0) is 17.5. The van der Waals surface area contributed by atoms with E-state index in [1.165, 1.54) is 0 Å². The van der Waals surface area contributed by atoms with Crippen LogP contribution in [0, 0.1) is 0 Å². The summed E-state index contributed by atoms with van der Waals surface area (Å²) in [5, 5.41) is 13.1. The van der Waals surface area contributed by atoms with Crippen molar-refractivity contribution >= 4 is 5.69 Å². The molecule has 0 saturated heterocycles. The molecule has 3 aromatic carbocycles. The van der Waals surface area contributed by atoms with E-state index < -0.39 is 0 Å². The Labute approximate surface area is 148 Å². The maximum atomic E-state index is 9.81. The number of para-hydroxylation sites is 1. The minimum absolute atomic E-state index is 0.317. The number of phenols is 1. The van der Waals surface area contributed by atoms with Crippen LogP contribution in [0.4, 0.5) is 5.69 Å². The number of nitrogens with one attached hydrogen (secondary N) is 1. The zero-order valence-electron chi connectivity index (χ0n) is 14.4. The van der Waals surface area contributed by atoms with Gasteiger partial charge in [-0.3, -0.25) is 0 Å². The molecule has 128 valence electrons. The molecule has 0 heterocycles. The lowest BCUT2D eigenvalue weighted by Gasteiger charge is -2.10. The van der Waals surface area contributed by atoms with Crippen LogP contribution in [0.2, 0.25) is 0 Å². The predicted molar refractivity (Wildman–Crippen MR) is 103 cm³/mol. The van der Waals surface area contributed by atoms with E-state index in [0.717, 1.165) is 41.2 Å². The average molecular weight is 333 g/mol. The summed E-state index contributed by atoms with van der Waals surface area (Å²) in [6.07, 6.45) is 1.01. The van der Waals surface area contributed by atoms with Crippen molar-refractivity contribution in [2.45, 2.75) is 19.9 Å². The Kier molecular flexibility index (Phi) is 5.57. The number of phenolic OH excluding ortho intramolecular Hbond substituents is 1. The number of anilines is 1. The van der Waals surface area contributed by atoms with Gasteiger partial charge in [0.15, 0.2) is 0 Å². The second-order valence-electron chi connectivity index (χ2n) is 5.93. The van der Waals surface area contributed by atoms with E-state index in [9.17, 15) is 5.11 Å². The summed E-state index contributed by atoms with van der Waals surface area (Å²) in [6.45, 7) is 3.44. The number of hydrogen-bond acceptors (Lipinski definition) is 3. The van der Waals surface area contributed by atoms with Crippen LogP contribution in [-0.2, 0) is 6.54 Å². The molecule has 0 radical (unpaired) electrons. The molecule has 0 spiro atoms. The van der Waals surface area contributed by atoms with E-state index in [1.54, 1.807) is 6.07 Å². The Bertz CT molecular complexity index is 795. The number of hydrogen-bond donors (Lipinski definition) is 2. The first-order valence-electron chi connectivity index (χ1n) is 8.60. The van der Waals surface area contributed by atoms with Gasteiger partial charge >= 0.3 is 0 Å². The van der Waals surface area contributed by atoms with Crippen LogP contribution in [0.5, 0.6) is 11.5 Å². The highest BCUT2D eigenvalue weighted by molar-refractivity contribution is 5.66. The van der Waals surface area contributed by atoms with Crippen molar-refractivity contribution in [1.29, 1.82) is 0 Å². The van der Waals surface area contributed by atoms with Crippen molar-refractivity contribution in [3.05, 3.63) is 78.4 Å². The molecule has 0 atom stereocenters. The average Bonchev–Trinajstić information content (AvgIpc) is 2.67. The smallest absolute Gasteiger partial charge is 0.120 e. The topological polar surface area (TPSA) is 41.5 Å². The molecule has 3 rings (SSSR count). The quantitative estimate of drug-likeness (QED) is 0.603. The first-order chi connectivity index (χ1) is 12.3. The van der Waals surface area contributed by atoms with Crippen LogP contribution in [0.15, 0.2) is 72.8 Å². The fourth-order valence-corrected chi connectivity index (χ4v) is 2.60. The largest absolute Gasteiger partial charge is 0.508 e. The lowest BCUT2D eigenvalue weighted by atomic mass is 10.1. The monoisotopic (exact) mass is 333 g/mol. The molecule has 0 aliphatic carbocycles. The lowest BCUT2D eigenvalue weighted by Crippen LogP contribution is -1.99. The number of aromatic hydroxyl groups is 1. The normalized spacial score (nSPS) is 10.4. The van der Waals surface area contributed by atoms with Crippen molar-refractivity contribution in [2.24, 2.45) is 0 Å². The van der Waals surface area contributed by atoms with E-state index in [0.29, 0.717) is 12.3 Å². The van der Waals surface area contributed by atoms with E-state index in [2.05, 4.69) is 48.6 Å². The molecule has 25 heavy (non-hydrogen) atoms. The van der Waals surface area contributed by atoms with Gasteiger partial charge in [-0.2, -0.15) is 0 Å². The number of ether oxygens (including phenoxy) is 1. The van der Waals surface area contributed by atoms with Crippen molar-refractivity contribution in [1.82, 2.24) is 0 Å². The summed E-state index contributed by atoms with van der Waals surface area (Å²) in [7, 11) is 0. The van der Waals surface area contributed by atoms with Crippen LogP contribution in [0.1, 0.15) is 18.9 Å². The second-order valence-corrected chi connectivity index (χ2v) is 5.93. The van der Waals surface area contributed by atoms with Crippen molar-refractivity contribution < 1.29 is 9.84 Å². The minimum atomic E-state index is 0.317. The molecule has 0 aliphatic heterocycles. The van der Waals surface area contributed by atoms with Gasteiger partial charge in [0.2, 0.25) is 0 Å². The Morgan fingerprint density at radius 1 is 0.840 bits per heavy atom. The fraction of sp³-hybridized carbons (Fsp3) is 0.182. The Hall–Kier alpha value is -2.94. The van der Waals surface area contributed by atoms with Crippen LogP contribution in [-0.4, -0.2) is 11.7 Å². The van der Waals surface area contributed by atoms with Crippen molar-refractivity contribution in [2.75, 3.05) is 11.9 Å². The molecule has 0 saturated carbocycles. The molecule has 0 amide bonds. The van der Waals surface area contributed by atoms with Gasteiger partial charge < -0.3 is 15.2 Å². The fourth-order valence-electron chi connectivity index (χ4n) is 2.60. The highest BCUT2D eigenvalue weighted by atomic mass is 16.5. The standard InChI is InChI=1S/C22H23NO2/c1-2-15-25-21-13-9-18(10-14-21)17-7-11-20(12-8-17)23-16-19-5-3-4-6-22(19)24/h3-14,23-24H,2,15-16H2,1H3. The summed E-state index contributed by atoms with van der Waals surface area (Å²) in [6, 6.07) is 23.8. The van der Waals surface area contributed by atoms with E-state index in [-0.39, 0.29) is 0 Å². The van der Waals surface area contributed by atoms with Gasteiger partial charge in [0.25, 0.3) is 0 Å². The van der Waals surface area contributed by atoms with Gasteiger partial charge in [0.1, 0.15) is 11.5 Å². The maximum Gasteiger partial charge on any atom is 0.120 e. The highest BCUT2D eigenvalue weighted by Gasteiger charge is 2.02. The summed E-state index contributed by atoms with van der Waals surface area (Å²) >= 11 is 0. The molecule has 0 bridgehead atoms. The van der Waals surface area contributed by atoms with Crippen LogP contribution >= 0.6 is 0 Å². The van der Waals surface area contributed by atoms with Gasteiger partial charge in [-0.1, -0.05) is 49.4 Å². The summed E-state index contributed by atoms with van der Waals surface area (Å²) < 4.78 is 5.62. The minimum Gasteiger partial charge on any atom is -0.508 e. The van der Waals surface area contributed by atoms with E-state index >= 15 is 0 Å². The molecule has 0 unspecified atom stereocenters. The lowest BCUT2D eigenvalue weighted by molar-refractivity contribution is 0.317. The van der Waals surface area contributed by atoms with Crippen LogP contribution < -0.4 is 10.1 Å². The molecule has 0 aromatic heterocycles. The molecule has 0 aliphatic rings. The van der Waals surface area contributed by atoms with E-state index in [1.807, 2.05) is 30.3 Å². The second kappa shape index (κ2) is 8.25.